The first kappa shape index (κ1) is 16.0. The number of benzene rings is 2. The van der Waals surface area contributed by atoms with Crippen molar-refractivity contribution < 1.29 is 9.53 Å². The lowest BCUT2D eigenvalue weighted by atomic mass is 9.98. The van der Waals surface area contributed by atoms with E-state index in [1.807, 2.05) is 54.4 Å². The third-order valence-corrected chi connectivity index (χ3v) is 3.65. The average Bonchev–Trinajstić information content (AvgIpc) is 2.54. The van der Waals surface area contributed by atoms with Crippen LogP contribution in [0.1, 0.15) is 24.9 Å². The summed E-state index contributed by atoms with van der Waals surface area (Å²) >= 11 is 0. The Morgan fingerprint density at radius 1 is 1.27 bits per heavy atom. The molecule has 22 heavy (non-hydrogen) atoms. The van der Waals surface area contributed by atoms with Gasteiger partial charge in [-0.3, -0.25) is 9.69 Å². The minimum Gasteiger partial charge on any atom is -0.466 e. The molecule has 0 amide bonds. The van der Waals surface area contributed by atoms with Gasteiger partial charge in [-0.2, -0.15) is 5.26 Å². The van der Waals surface area contributed by atoms with E-state index in [-0.39, 0.29) is 18.4 Å². The monoisotopic (exact) mass is 296 g/mol. The van der Waals surface area contributed by atoms with Crippen LogP contribution in [-0.4, -0.2) is 31.1 Å². The van der Waals surface area contributed by atoms with Gasteiger partial charge in [0.15, 0.2) is 0 Å². The van der Waals surface area contributed by atoms with E-state index in [1.165, 1.54) is 0 Å². The molecule has 0 heterocycles. The summed E-state index contributed by atoms with van der Waals surface area (Å²) in [5, 5.41) is 11.7. The largest absolute Gasteiger partial charge is 0.466 e. The van der Waals surface area contributed by atoms with Crippen LogP contribution in [0.4, 0.5) is 0 Å². The second kappa shape index (κ2) is 7.58. The maximum Gasteiger partial charge on any atom is 0.307 e. The molecule has 0 fully saturated rings. The van der Waals surface area contributed by atoms with Crippen LogP contribution in [-0.2, 0) is 9.53 Å². The summed E-state index contributed by atoms with van der Waals surface area (Å²) < 4.78 is 4.93. The van der Waals surface area contributed by atoms with Crippen molar-refractivity contribution in [2.24, 2.45) is 0 Å². The van der Waals surface area contributed by atoms with E-state index in [0.717, 1.165) is 16.3 Å². The molecule has 4 heteroatoms. The minimum absolute atomic E-state index is 0.232. The number of esters is 1. The lowest BCUT2D eigenvalue weighted by Crippen LogP contribution is -2.27. The molecule has 0 aliphatic heterocycles. The van der Waals surface area contributed by atoms with Gasteiger partial charge < -0.3 is 4.74 Å². The summed E-state index contributed by atoms with van der Waals surface area (Å²) in [5.74, 6) is -0.232. The summed E-state index contributed by atoms with van der Waals surface area (Å²) in [6.45, 7) is 2.66. The minimum atomic E-state index is -0.388. The molecule has 0 saturated heterocycles. The first-order chi connectivity index (χ1) is 10.7. The van der Waals surface area contributed by atoms with E-state index in [1.54, 1.807) is 6.92 Å². The normalized spacial score (nSPS) is 12.1. The van der Waals surface area contributed by atoms with Crippen LogP contribution >= 0.6 is 0 Å². The molecule has 0 aliphatic rings. The highest BCUT2D eigenvalue weighted by Crippen LogP contribution is 2.27. The second-order valence-corrected chi connectivity index (χ2v) is 5.14. The molecule has 0 aromatic heterocycles. The number of nitriles is 1. The van der Waals surface area contributed by atoms with E-state index in [4.69, 9.17) is 4.74 Å². The third-order valence-electron chi connectivity index (χ3n) is 3.65. The molecule has 0 radical (unpaired) electrons. The van der Waals surface area contributed by atoms with Crippen molar-refractivity contribution in [3.05, 3.63) is 48.0 Å². The molecule has 2 aromatic carbocycles. The molecule has 0 saturated carbocycles. The van der Waals surface area contributed by atoms with Crippen molar-refractivity contribution in [1.29, 1.82) is 5.26 Å². The fourth-order valence-electron chi connectivity index (χ4n) is 2.52. The molecule has 1 atom stereocenters. The van der Waals surface area contributed by atoms with Crippen molar-refractivity contribution in [3.63, 3.8) is 0 Å². The van der Waals surface area contributed by atoms with Gasteiger partial charge in [-0.1, -0.05) is 42.5 Å². The second-order valence-electron chi connectivity index (χ2n) is 5.14. The molecule has 0 N–H and O–H groups in total. The Bertz CT molecular complexity index is 686. The van der Waals surface area contributed by atoms with Gasteiger partial charge in [0, 0.05) is 6.54 Å². The molecular weight excluding hydrogens is 276 g/mol. The summed E-state index contributed by atoms with van der Waals surface area (Å²) in [5.41, 5.74) is 0.965. The van der Waals surface area contributed by atoms with Crippen molar-refractivity contribution in [2.75, 3.05) is 20.2 Å². The molecule has 0 spiro atoms. The van der Waals surface area contributed by atoms with E-state index in [9.17, 15) is 10.1 Å². The molecule has 4 nitrogen and oxygen atoms in total. The van der Waals surface area contributed by atoms with Crippen LogP contribution in [0.25, 0.3) is 10.8 Å². The summed E-state index contributed by atoms with van der Waals surface area (Å²) in [6.07, 6.45) is 0.285. The number of ether oxygens (including phenoxy) is 1. The van der Waals surface area contributed by atoms with Crippen LogP contribution in [0.15, 0.2) is 42.5 Å². The topological polar surface area (TPSA) is 53.3 Å². The van der Waals surface area contributed by atoms with Crippen LogP contribution in [0.3, 0.4) is 0 Å². The number of nitrogens with zero attached hydrogens (tertiary/aromatic N) is 2. The van der Waals surface area contributed by atoms with Crippen molar-refractivity contribution in [3.8, 4) is 6.07 Å². The fraction of sp³-hybridized carbons (Fsp3) is 0.333. The van der Waals surface area contributed by atoms with Crippen molar-refractivity contribution in [2.45, 2.75) is 19.4 Å². The standard InChI is InChI=1S/C18H20N2O2/c1-3-22-18(21)11-12-20(2)17(13-19)16-10-6-8-14-7-4-5-9-15(14)16/h4-10,17H,3,11-12H2,1-2H3. The van der Waals surface area contributed by atoms with Gasteiger partial charge in [0.1, 0.15) is 6.04 Å². The predicted octanol–water partition coefficient (Wildman–Crippen LogP) is 3.29. The number of hydrogen-bond acceptors (Lipinski definition) is 4. The highest BCUT2D eigenvalue weighted by atomic mass is 16.5. The predicted molar refractivity (Wildman–Crippen MR) is 86.2 cm³/mol. The molecule has 1 unspecified atom stereocenters. The molecule has 0 aliphatic carbocycles. The van der Waals surface area contributed by atoms with Crippen LogP contribution < -0.4 is 0 Å². The Labute approximate surface area is 130 Å². The van der Waals surface area contributed by atoms with Gasteiger partial charge in [-0.05, 0) is 30.3 Å². The Morgan fingerprint density at radius 3 is 2.73 bits per heavy atom. The summed E-state index contributed by atoms with van der Waals surface area (Å²) in [4.78, 5) is 13.4. The lowest BCUT2D eigenvalue weighted by Gasteiger charge is -2.23. The van der Waals surface area contributed by atoms with Crippen molar-refractivity contribution >= 4 is 16.7 Å². The first-order valence-electron chi connectivity index (χ1n) is 7.40. The smallest absolute Gasteiger partial charge is 0.307 e. The van der Waals surface area contributed by atoms with E-state index in [2.05, 4.69) is 6.07 Å². The molecule has 0 bridgehead atoms. The number of rotatable bonds is 6. The highest BCUT2D eigenvalue weighted by molar-refractivity contribution is 5.86. The zero-order valence-corrected chi connectivity index (χ0v) is 13.0. The molecular formula is C18H20N2O2. The van der Waals surface area contributed by atoms with Crippen molar-refractivity contribution in [1.82, 2.24) is 4.90 Å². The highest BCUT2D eigenvalue weighted by Gasteiger charge is 2.19. The van der Waals surface area contributed by atoms with E-state index >= 15 is 0 Å². The number of carbonyl (C=O) groups is 1. The van der Waals surface area contributed by atoms with Crippen LogP contribution in [0.2, 0.25) is 0 Å². The zero-order valence-electron chi connectivity index (χ0n) is 13.0. The molecule has 114 valence electrons. The van der Waals surface area contributed by atoms with Gasteiger partial charge in [0.2, 0.25) is 0 Å². The van der Waals surface area contributed by atoms with Gasteiger partial charge >= 0.3 is 5.97 Å². The van der Waals surface area contributed by atoms with Crippen LogP contribution in [0, 0.1) is 11.3 Å². The summed E-state index contributed by atoms with van der Waals surface area (Å²) in [6, 6.07) is 15.9. The van der Waals surface area contributed by atoms with E-state index < -0.39 is 0 Å². The zero-order chi connectivity index (χ0) is 15.9. The number of hydrogen-bond donors (Lipinski definition) is 0. The number of carbonyl (C=O) groups excluding carboxylic acids is 1. The Morgan fingerprint density at radius 2 is 2.00 bits per heavy atom. The van der Waals surface area contributed by atoms with Gasteiger partial charge in [0.25, 0.3) is 0 Å². The Balaban J connectivity index is 2.20. The first-order valence-corrected chi connectivity index (χ1v) is 7.40. The quantitative estimate of drug-likeness (QED) is 0.768. The fourth-order valence-corrected chi connectivity index (χ4v) is 2.52. The van der Waals surface area contributed by atoms with Gasteiger partial charge in [-0.25, -0.2) is 0 Å². The van der Waals surface area contributed by atoms with Gasteiger partial charge in [0.05, 0.1) is 19.1 Å². The maximum absolute atomic E-state index is 11.5. The molecule has 2 rings (SSSR count). The van der Waals surface area contributed by atoms with E-state index in [0.29, 0.717) is 13.2 Å². The third kappa shape index (κ3) is 3.63. The molecule has 2 aromatic rings. The number of fused-ring (bicyclic) bond motifs is 1. The SMILES string of the molecule is CCOC(=O)CCN(C)C(C#N)c1cccc2ccccc12. The van der Waals surface area contributed by atoms with Crippen LogP contribution in [0.5, 0.6) is 0 Å². The average molecular weight is 296 g/mol. The summed E-state index contributed by atoms with van der Waals surface area (Å²) in [7, 11) is 1.86. The maximum atomic E-state index is 11.5. The lowest BCUT2D eigenvalue weighted by molar-refractivity contribution is -0.143. The Kier molecular flexibility index (Phi) is 5.51. The van der Waals surface area contributed by atoms with Gasteiger partial charge in [-0.15, -0.1) is 0 Å². The Hall–Kier alpha value is -2.38.